The molecular weight excluding hydrogens is 350 g/mol. The number of carboxylic acids is 1. The van der Waals surface area contributed by atoms with Gasteiger partial charge in [-0.2, -0.15) is 0 Å². The Morgan fingerprint density at radius 1 is 1.48 bits per heavy atom. The van der Waals surface area contributed by atoms with Gasteiger partial charge in [0, 0.05) is 40.7 Å². The molecule has 2 N–H and O–H groups in total. The molecule has 8 nitrogen and oxygen atoms in total. The van der Waals surface area contributed by atoms with Gasteiger partial charge in [0.2, 0.25) is 0 Å². The van der Waals surface area contributed by atoms with E-state index in [-0.39, 0.29) is 17.9 Å². The van der Waals surface area contributed by atoms with Crippen LogP contribution in [0, 0.1) is 10.1 Å². The average molecular weight is 371 g/mol. The first kappa shape index (κ1) is 20.1. The third-order valence-electron chi connectivity index (χ3n) is 4.17. The summed E-state index contributed by atoms with van der Waals surface area (Å²) in [6.45, 7) is 8.94. The largest absolute Gasteiger partial charge is 0.478 e. The van der Waals surface area contributed by atoms with Crippen molar-refractivity contribution in [2.75, 3.05) is 6.61 Å². The highest BCUT2D eigenvalue weighted by Crippen LogP contribution is 2.40. The fourth-order valence-corrected chi connectivity index (χ4v) is 3.12. The lowest BCUT2D eigenvalue weighted by molar-refractivity contribution is -0.384. The summed E-state index contributed by atoms with van der Waals surface area (Å²) < 4.78 is 0. The summed E-state index contributed by atoms with van der Waals surface area (Å²) >= 11 is 0. The Kier molecular flexibility index (Phi) is 6.25. The molecule has 0 aliphatic carbocycles. The van der Waals surface area contributed by atoms with Crippen LogP contribution in [0.4, 0.5) is 5.69 Å². The summed E-state index contributed by atoms with van der Waals surface area (Å²) in [5, 5.41) is 20.9. The van der Waals surface area contributed by atoms with E-state index >= 15 is 0 Å². The maximum Gasteiger partial charge on any atom is 0.334 e. The number of rotatable bonds is 7. The quantitative estimate of drug-likeness (QED) is 0.328. The van der Waals surface area contributed by atoms with Crippen molar-refractivity contribution >= 4 is 17.4 Å². The lowest BCUT2D eigenvalue weighted by Gasteiger charge is -2.28. The van der Waals surface area contributed by atoms with Crippen LogP contribution in [0.1, 0.15) is 32.3 Å². The molecule has 1 heterocycles. The number of carbonyl (C=O) groups is 1. The van der Waals surface area contributed by atoms with Crippen molar-refractivity contribution in [1.82, 2.24) is 5.48 Å². The highest BCUT2D eigenvalue weighted by Gasteiger charge is 2.34. The van der Waals surface area contributed by atoms with Crippen LogP contribution in [0.25, 0.3) is 0 Å². The SMILES string of the molecule is C=CCONC(C)=C1C(C)=NC(C)=C(C(=O)O)C1c1cccc([N+](=O)[O-])c1. The van der Waals surface area contributed by atoms with Crippen molar-refractivity contribution in [3.05, 3.63) is 75.1 Å². The number of aliphatic carboxylic acids is 1. The second-order valence-electron chi connectivity index (χ2n) is 6.03. The van der Waals surface area contributed by atoms with Gasteiger partial charge >= 0.3 is 5.97 Å². The molecule has 1 aromatic rings. The van der Waals surface area contributed by atoms with Crippen molar-refractivity contribution < 1.29 is 19.7 Å². The van der Waals surface area contributed by atoms with E-state index in [1.807, 2.05) is 0 Å². The second kappa shape index (κ2) is 8.41. The van der Waals surface area contributed by atoms with Gasteiger partial charge < -0.3 is 5.11 Å². The maximum atomic E-state index is 12.0. The van der Waals surface area contributed by atoms with Crippen molar-refractivity contribution in [2.24, 2.45) is 4.99 Å². The lowest BCUT2D eigenvalue weighted by Crippen LogP contribution is -2.26. The van der Waals surface area contributed by atoms with Crippen LogP contribution in [0.15, 0.2) is 64.5 Å². The zero-order chi connectivity index (χ0) is 20.1. The number of nitrogens with one attached hydrogen (secondary N) is 1. The zero-order valence-corrected chi connectivity index (χ0v) is 15.4. The van der Waals surface area contributed by atoms with Crippen LogP contribution in [-0.2, 0) is 9.63 Å². The van der Waals surface area contributed by atoms with Crippen LogP contribution < -0.4 is 5.48 Å². The Morgan fingerprint density at radius 2 is 2.19 bits per heavy atom. The van der Waals surface area contributed by atoms with Gasteiger partial charge in [-0.25, -0.2) is 4.79 Å². The molecule has 0 radical (unpaired) electrons. The normalized spacial score (nSPS) is 18.6. The van der Waals surface area contributed by atoms with Gasteiger partial charge in [-0.3, -0.25) is 25.4 Å². The van der Waals surface area contributed by atoms with Gasteiger partial charge in [0.05, 0.1) is 17.1 Å². The number of carboxylic acid groups (broad SMARTS) is 1. The molecule has 142 valence electrons. The van der Waals surface area contributed by atoms with Crippen LogP contribution in [0.3, 0.4) is 0 Å². The number of non-ortho nitro benzene ring substituents is 1. The molecule has 0 spiro atoms. The predicted octanol–water partition coefficient (Wildman–Crippen LogP) is 3.49. The van der Waals surface area contributed by atoms with Crippen molar-refractivity contribution in [2.45, 2.75) is 26.7 Å². The maximum absolute atomic E-state index is 12.0. The minimum absolute atomic E-state index is 0.0703. The highest BCUT2D eigenvalue weighted by atomic mass is 16.6. The van der Waals surface area contributed by atoms with Gasteiger partial charge in [-0.15, -0.1) is 6.58 Å². The number of hydroxylamine groups is 1. The number of aliphatic imine (C=N–C) groups is 1. The monoisotopic (exact) mass is 371 g/mol. The van der Waals surface area contributed by atoms with E-state index in [0.29, 0.717) is 28.2 Å². The van der Waals surface area contributed by atoms with E-state index in [2.05, 4.69) is 17.1 Å². The standard InChI is InChI=1S/C19H21N3O5/c1-5-9-27-21-13(4)16-11(2)20-12(3)17(19(23)24)18(16)14-7-6-8-15(10-14)22(25)26/h5-8,10,18,21H,1,9H2,2-4H3,(H,23,24). The molecule has 2 rings (SSSR count). The van der Waals surface area contributed by atoms with Crippen molar-refractivity contribution in [3.63, 3.8) is 0 Å². The van der Waals surface area contributed by atoms with E-state index in [1.165, 1.54) is 18.2 Å². The Labute approximate surface area is 156 Å². The minimum Gasteiger partial charge on any atom is -0.478 e. The molecule has 1 aromatic carbocycles. The Balaban J connectivity index is 2.67. The van der Waals surface area contributed by atoms with Gasteiger partial charge in [-0.1, -0.05) is 18.2 Å². The molecule has 0 fully saturated rings. The Bertz CT molecular complexity index is 883. The van der Waals surface area contributed by atoms with Crippen LogP contribution in [0.5, 0.6) is 0 Å². The predicted molar refractivity (Wildman–Crippen MR) is 101 cm³/mol. The van der Waals surface area contributed by atoms with Crippen molar-refractivity contribution in [1.29, 1.82) is 0 Å². The first-order valence-electron chi connectivity index (χ1n) is 8.21. The molecule has 0 saturated carbocycles. The summed E-state index contributed by atoms with van der Waals surface area (Å²) in [6, 6.07) is 5.96. The second-order valence-corrected chi connectivity index (χ2v) is 6.03. The summed E-state index contributed by atoms with van der Waals surface area (Å²) in [5.74, 6) is -1.85. The minimum atomic E-state index is -1.13. The summed E-state index contributed by atoms with van der Waals surface area (Å²) in [6.07, 6.45) is 1.57. The van der Waals surface area contributed by atoms with Crippen LogP contribution >= 0.6 is 0 Å². The first-order valence-corrected chi connectivity index (χ1v) is 8.21. The summed E-state index contributed by atoms with van der Waals surface area (Å²) in [4.78, 5) is 32.2. The molecule has 1 unspecified atom stereocenters. The molecule has 0 saturated heterocycles. The molecule has 0 bridgehead atoms. The van der Waals surface area contributed by atoms with E-state index in [0.717, 1.165) is 0 Å². The number of nitro benzene ring substituents is 1. The summed E-state index contributed by atoms with van der Waals surface area (Å²) in [5.41, 5.74) is 5.37. The Hall–Kier alpha value is -3.26. The third kappa shape index (κ3) is 4.29. The first-order chi connectivity index (χ1) is 12.8. The van der Waals surface area contributed by atoms with Gasteiger partial charge in [0.25, 0.3) is 5.69 Å². The molecular formula is C19H21N3O5. The molecule has 27 heavy (non-hydrogen) atoms. The van der Waals surface area contributed by atoms with Gasteiger partial charge in [0.15, 0.2) is 0 Å². The molecule has 1 aliphatic heterocycles. The number of hydrogen-bond donors (Lipinski definition) is 2. The zero-order valence-electron chi connectivity index (χ0n) is 15.4. The highest BCUT2D eigenvalue weighted by molar-refractivity contribution is 6.06. The van der Waals surface area contributed by atoms with E-state index in [1.54, 1.807) is 32.9 Å². The lowest BCUT2D eigenvalue weighted by atomic mass is 9.79. The van der Waals surface area contributed by atoms with Crippen LogP contribution in [-0.4, -0.2) is 28.3 Å². The fourth-order valence-electron chi connectivity index (χ4n) is 3.12. The Morgan fingerprint density at radius 3 is 2.78 bits per heavy atom. The molecule has 8 heteroatoms. The van der Waals surface area contributed by atoms with Crippen molar-refractivity contribution in [3.8, 4) is 0 Å². The third-order valence-corrected chi connectivity index (χ3v) is 4.17. The number of nitrogens with zero attached hydrogens (tertiary/aromatic N) is 2. The van der Waals surface area contributed by atoms with E-state index in [9.17, 15) is 20.0 Å². The van der Waals surface area contributed by atoms with E-state index < -0.39 is 16.8 Å². The average Bonchev–Trinajstić information content (AvgIpc) is 2.60. The van der Waals surface area contributed by atoms with Gasteiger partial charge in [0.1, 0.15) is 0 Å². The molecule has 1 atom stereocenters. The van der Waals surface area contributed by atoms with Crippen LogP contribution in [0.2, 0.25) is 0 Å². The number of allylic oxidation sites excluding steroid dienone is 3. The fraction of sp³-hybridized carbons (Fsp3) is 0.263. The number of benzene rings is 1. The summed E-state index contributed by atoms with van der Waals surface area (Å²) in [7, 11) is 0. The van der Waals surface area contributed by atoms with Gasteiger partial charge in [-0.05, 0) is 26.3 Å². The molecule has 0 amide bonds. The topological polar surface area (TPSA) is 114 Å². The number of hydrogen-bond acceptors (Lipinski definition) is 6. The smallest absolute Gasteiger partial charge is 0.334 e. The molecule has 0 aromatic heterocycles. The van der Waals surface area contributed by atoms with E-state index in [4.69, 9.17) is 4.84 Å². The number of nitro groups is 1. The molecule has 1 aliphatic rings.